The molecule has 2 amide bonds. The van der Waals surface area contributed by atoms with Crippen molar-refractivity contribution in [3.8, 4) is 5.75 Å². The summed E-state index contributed by atoms with van der Waals surface area (Å²) in [4.78, 5) is 35.2. The third-order valence-electron chi connectivity index (χ3n) is 3.06. The van der Waals surface area contributed by atoms with Crippen LogP contribution in [0.1, 0.15) is 20.7 Å². The van der Waals surface area contributed by atoms with Gasteiger partial charge in [-0.25, -0.2) is 4.79 Å². The van der Waals surface area contributed by atoms with E-state index in [1.807, 2.05) is 0 Å². The maximum Gasteiger partial charge on any atom is 0.337 e. The third-order valence-corrected chi connectivity index (χ3v) is 3.37. The van der Waals surface area contributed by atoms with Crippen LogP contribution >= 0.6 is 11.6 Å². The number of esters is 1. The van der Waals surface area contributed by atoms with Crippen LogP contribution in [-0.2, 0) is 9.53 Å². The summed E-state index contributed by atoms with van der Waals surface area (Å²) in [6.45, 7) is -0.327. The molecule has 0 radical (unpaired) electrons. The fraction of sp³-hybridized carbons (Fsp3) is 0.118. The Balaban J connectivity index is 1.86. The van der Waals surface area contributed by atoms with E-state index in [-0.39, 0.29) is 17.7 Å². The van der Waals surface area contributed by atoms with Crippen LogP contribution in [0, 0.1) is 0 Å². The van der Waals surface area contributed by atoms with Crippen molar-refractivity contribution in [1.29, 1.82) is 0 Å². The number of methoxy groups -OCH3 is 1. The molecule has 0 aliphatic carbocycles. The Bertz CT molecular complexity index is 794. The first kappa shape index (κ1) is 18.3. The van der Waals surface area contributed by atoms with E-state index in [1.165, 1.54) is 31.4 Å². The highest BCUT2D eigenvalue weighted by atomic mass is 35.5. The van der Waals surface area contributed by atoms with Gasteiger partial charge in [0.15, 0.2) is 6.61 Å². The van der Waals surface area contributed by atoms with E-state index in [0.717, 1.165) is 0 Å². The first-order chi connectivity index (χ1) is 12.0. The summed E-state index contributed by atoms with van der Waals surface area (Å²) >= 11 is 5.90. The molecule has 2 rings (SSSR count). The van der Waals surface area contributed by atoms with Crippen LogP contribution in [0.25, 0.3) is 0 Å². The van der Waals surface area contributed by atoms with Gasteiger partial charge in [0.05, 0.1) is 17.7 Å². The number of para-hydroxylation sites is 1. The average Bonchev–Trinajstić information content (AvgIpc) is 2.64. The van der Waals surface area contributed by atoms with Gasteiger partial charge in [-0.3, -0.25) is 20.4 Å². The monoisotopic (exact) mass is 362 g/mol. The SMILES string of the molecule is COC(=O)c1cccc(C(=O)NNC(=O)COc2ccccc2Cl)c1. The van der Waals surface area contributed by atoms with Crippen LogP contribution in [-0.4, -0.2) is 31.5 Å². The van der Waals surface area contributed by atoms with Gasteiger partial charge < -0.3 is 9.47 Å². The molecule has 8 heteroatoms. The quantitative estimate of drug-likeness (QED) is 0.626. The highest BCUT2D eigenvalue weighted by Gasteiger charge is 2.12. The van der Waals surface area contributed by atoms with Crippen molar-refractivity contribution < 1.29 is 23.9 Å². The molecule has 0 aliphatic rings. The number of ether oxygens (including phenoxy) is 2. The number of benzene rings is 2. The topological polar surface area (TPSA) is 93.7 Å². The largest absolute Gasteiger partial charge is 0.482 e. The minimum Gasteiger partial charge on any atom is -0.482 e. The van der Waals surface area contributed by atoms with Crippen LogP contribution in [0.15, 0.2) is 48.5 Å². The molecule has 0 bridgehead atoms. The normalized spacial score (nSPS) is 9.84. The molecule has 130 valence electrons. The van der Waals surface area contributed by atoms with Crippen molar-refractivity contribution in [3.63, 3.8) is 0 Å². The zero-order valence-corrected chi connectivity index (χ0v) is 14.0. The van der Waals surface area contributed by atoms with Gasteiger partial charge in [0.1, 0.15) is 5.75 Å². The number of carbonyl (C=O) groups excluding carboxylic acids is 3. The molecule has 2 aromatic rings. The molecular weight excluding hydrogens is 348 g/mol. The molecule has 2 aromatic carbocycles. The summed E-state index contributed by atoms with van der Waals surface area (Å²) in [7, 11) is 1.24. The summed E-state index contributed by atoms with van der Waals surface area (Å²) in [6, 6.07) is 12.6. The first-order valence-electron chi connectivity index (χ1n) is 7.16. The Kier molecular flexibility index (Phi) is 6.36. The zero-order chi connectivity index (χ0) is 18.2. The lowest BCUT2D eigenvalue weighted by atomic mass is 10.1. The van der Waals surface area contributed by atoms with Gasteiger partial charge in [0.25, 0.3) is 11.8 Å². The van der Waals surface area contributed by atoms with Gasteiger partial charge >= 0.3 is 5.97 Å². The highest BCUT2D eigenvalue weighted by molar-refractivity contribution is 6.32. The molecule has 0 spiro atoms. The molecule has 0 atom stereocenters. The fourth-order valence-corrected chi connectivity index (χ4v) is 2.04. The van der Waals surface area contributed by atoms with Crippen LogP contribution in [0.4, 0.5) is 0 Å². The van der Waals surface area contributed by atoms with Crippen molar-refractivity contribution in [2.45, 2.75) is 0 Å². The second kappa shape index (κ2) is 8.70. The smallest absolute Gasteiger partial charge is 0.337 e. The number of hydrazine groups is 1. The molecule has 0 heterocycles. The summed E-state index contributed by atoms with van der Waals surface area (Å²) in [5.41, 5.74) is 4.86. The second-order valence-corrected chi connectivity index (χ2v) is 5.20. The number of halogens is 1. The van der Waals surface area contributed by atoms with Crippen molar-refractivity contribution >= 4 is 29.4 Å². The van der Waals surface area contributed by atoms with Crippen molar-refractivity contribution in [3.05, 3.63) is 64.7 Å². The number of nitrogens with one attached hydrogen (secondary N) is 2. The molecule has 0 saturated carbocycles. The van der Waals surface area contributed by atoms with E-state index in [9.17, 15) is 14.4 Å². The summed E-state index contributed by atoms with van der Waals surface area (Å²) in [6.07, 6.45) is 0. The number of hydrogen-bond acceptors (Lipinski definition) is 5. The van der Waals surface area contributed by atoms with Crippen LogP contribution in [0.3, 0.4) is 0 Å². The van der Waals surface area contributed by atoms with Crippen molar-refractivity contribution in [1.82, 2.24) is 10.9 Å². The van der Waals surface area contributed by atoms with Gasteiger partial charge in [-0.05, 0) is 30.3 Å². The van der Waals surface area contributed by atoms with Gasteiger partial charge in [0.2, 0.25) is 0 Å². The molecule has 0 saturated heterocycles. The van der Waals surface area contributed by atoms with Crippen molar-refractivity contribution in [2.24, 2.45) is 0 Å². The predicted molar refractivity (Wildman–Crippen MR) is 90.3 cm³/mol. The van der Waals surface area contributed by atoms with Crippen LogP contribution in [0.2, 0.25) is 5.02 Å². The van der Waals surface area contributed by atoms with Crippen LogP contribution in [0.5, 0.6) is 5.75 Å². The summed E-state index contributed by atoms with van der Waals surface area (Å²) in [5.74, 6) is -1.36. The Morgan fingerprint density at radius 1 is 1.00 bits per heavy atom. The minimum atomic E-state index is -0.586. The van der Waals surface area contributed by atoms with Gasteiger partial charge in [-0.1, -0.05) is 29.8 Å². The lowest BCUT2D eigenvalue weighted by Crippen LogP contribution is -2.43. The molecular formula is C17H15ClN2O5. The summed E-state index contributed by atoms with van der Waals surface area (Å²) in [5, 5.41) is 0.374. The second-order valence-electron chi connectivity index (χ2n) is 4.79. The number of amides is 2. The molecule has 0 aliphatic heterocycles. The van der Waals surface area contributed by atoms with E-state index in [2.05, 4.69) is 15.6 Å². The average molecular weight is 363 g/mol. The maximum absolute atomic E-state index is 12.0. The Morgan fingerprint density at radius 2 is 1.72 bits per heavy atom. The van der Waals surface area contributed by atoms with E-state index in [1.54, 1.807) is 24.3 Å². The number of hydrogen-bond donors (Lipinski definition) is 2. The Morgan fingerprint density at radius 3 is 2.44 bits per heavy atom. The highest BCUT2D eigenvalue weighted by Crippen LogP contribution is 2.22. The lowest BCUT2D eigenvalue weighted by Gasteiger charge is -2.10. The molecule has 25 heavy (non-hydrogen) atoms. The number of carbonyl (C=O) groups is 3. The van der Waals surface area contributed by atoms with E-state index in [4.69, 9.17) is 16.3 Å². The maximum atomic E-state index is 12.0. The predicted octanol–water partition coefficient (Wildman–Crippen LogP) is 1.97. The first-order valence-corrected chi connectivity index (χ1v) is 7.54. The third kappa shape index (κ3) is 5.22. The van der Waals surface area contributed by atoms with E-state index < -0.39 is 17.8 Å². The standard InChI is InChI=1S/C17H15ClN2O5/c1-24-17(23)12-6-4-5-11(9-12)16(22)20-19-15(21)10-25-14-8-3-2-7-13(14)18/h2-9H,10H2,1H3,(H,19,21)(H,20,22). The van der Waals surface area contributed by atoms with Gasteiger partial charge in [-0.2, -0.15) is 0 Å². The minimum absolute atomic E-state index is 0.190. The van der Waals surface area contributed by atoms with Gasteiger partial charge in [-0.15, -0.1) is 0 Å². The van der Waals surface area contributed by atoms with Gasteiger partial charge in [0, 0.05) is 5.56 Å². The zero-order valence-electron chi connectivity index (χ0n) is 13.2. The molecule has 7 nitrogen and oxygen atoms in total. The van der Waals surface area contributed by atoms with Crippen LogP contribution < -0.4 is 15.6 Å². The summed E-state index contributed by atoms with van der Waals surface area (Å²) < 4.78 is 9.83. The Hall–Kier alpha value is -3.06. The lowest BCUT2D eigenvalue weighted by molar-refractivity contribution is -0.123. The molecule has 2 N–H and O–H groups in total. The molecule has 0 aromatic heterocycles. The fourth-order valence-electron chi connectivity index (χ4n) is 1.85. The number of rotatable bonds is 5. The van der Waals surface area contributed by atoms with Crippen molar-refractivity contribution in [2.75, 3.05) is 13.7 Å². The molecule has 0 unspecified atom stereocenters. The molecule has 0 fully saturated rings. The Labute approximate surface area is 148 Å². The van der Waals surface area contributed by atoms with E-state index in [0.29, 0.717) is 10.8 Å². The van der Waals surface area contributed by atoms with E-state index >= 15 is 0 Å².